The standard InChI is InChI=1S/C19H24N4O2S/c1-15-3-2-4-16(21-15)18(24)23-8-9-25-14-19(13-23)5-7-22(12-19)11-17-20-6-10-26-17/h2-4,6,10H,5,7-9,11-14H2,1H3. The number of ether oxygens (including phenoxy) is 1. The van der Waals surface area contributed by atoms with Crippen LogP contribution in [0.25, 0.3) is 0 Å². The molecule has 4 heterocycles. The Morgan fingerprint density at radius 2 is 2.27 bits per heavy atom. The van der Waals surface area contributed by atoms with Gasteiger partial charge in [0.05, 0.1) is 19.8 Å². The zero-order chi connectivity index (χ0) is 18.0. The highest BCUT2D eigenvalue weighted by Gasteiger charge is 2.42. The Morgan fingerprint density at radius 1 is 1.35 bits per heavy atom. The average Bonchev–Trinajstić information content (AvgIpc) is 3.22. The Bertz CT molecular complexity index is 767. The van der Waals surface area contributed by atoms with E-state index in [0.29, 0.717) is 25.5 Å². The molecule has 1 unspecified atom stereocenters. The molecule has 2 fully saturated rings. The van der Waals surface area contributed by atoms with Gasteiger partial charge < -0.3 is 9.64 Å². The van der Waals surface area contributed by atoms with E-state index in [1.165, 1.54) is 0 Å². The first-order valence-corrected chi connectivity index (χ1v) is 9.93. The van der Waals surface area contributed by atoms with E-state index < -0.39 is 0 Å². The normalized spacial score (nSPS) is 24.1. The van der Waals surface area contributed by atoms with Crippen LogP contribution in [0.1, 0.15) is 27.6 Å². The predicted octanol–water partition coefficient (Wildman–Crippen LogP) is 2.21. The number of carbonyl (C=O) groups is 1. The van der Waals surface area contributed by atoms with Crippen molar-refractivity contribution in [2.45, 2.75) is 19.9 Å². The van der Waals surface area contributed by atoms with E-state index in [1.807, 2.05) is 35.5 Å². The minimum Gasteiger partial charge on any atom is -0.379 e. The summed E-state index contributed by atoms with van der Waals surface area (Å²) in [5.41, 5.74) is 1.40. The van der Waals surface area contributed by atoms with Crippen molar-refractivity contribution in [2.24, 2.45) is 5.41 Å². The van der Waals surface area contributed by atoms with Crippen molar-refractivity contribution < 1.29 is 9.53 Å². The molecule has 4 rings (SSSR count). The van der Waals surface area contributed by atoms with E-state index in [1.54, 1.807) is 17.4 Å². The molecule has 2 aliphatic rings. The minimum absolute atomic E-state index is 0.00719. The lowest BCUT2D eigenvalue weighted by molar-refractivity contribution is 0.0640. The van der Waals surface area contributed by atoms with Crippen molar-refractivity contribution in [3.8, 4) is 0 Å². The highest BCUT2D eigenvalue weighted by atomic mass is 32.1. The van der Waals surface area contributed by atoms with Gasteiger partial charge in [-0.2, -0.15) is 0 Å². The predicted molar refractivity (Wildman–Crippen MR) is 100 cm³/mol. The molecule has 0 radical (unpaired) electrons. The quantitative estimate of drug-likeness (QED) is 0.827. The molecule has 2 saturated heterocycles. The summed E-state index contributed by atoms with van der Waals surface area (Å²) in [6.45, 7) is 7.42. The summed E-state index contributed by atoms with van der Waals surface area (Å²) in [6, 6.07) is 5.61. The Labute approximate surface area is 157 Å². The molecule has 138 valence electrons. The molecule has 2 aromatic heterocycles. The van der Waals surface area contributed by atoms with Crippen molar-refractivity contribution in [1.82, 2.24) is 19.8 Å². The van der Waals surface area contributed by atoms with Gasteiger partial charge in [0.15, 0.2) is 0 Å². The molecule has 0 bridgehead atoms. The van der Waals surface area contributed by atoms with E-state index in [9.17, 15) is 4.79 Å². The topological polar surface area (TPSA) is 58.6 Å². The molecular formula is C19H24N4O2S. The Balaban J connectivity index is 1.46. The number of carbonyl (C=O) groups excluding carboxylic acids is 1. The molecule has 26 heavy (non-hydrogen) atoms. The van der Waals surface area contributed by atoms with Gasteiger partial charge >= 0.3 is 0 Å². The molecule has 0 aromatic carbocycles. The zero-order valence-electron chi connectivity index (χ0n) is 15.1. The number of thiazole rings is 1. The smallest absolute Gasteiger partial charge is 0.272 e. The molecule has 2 aliphatic heterocycles. The van der Waals surface area contributed by atoms with Crippen molar-refractivity contribution in [2.75, 3.05) is 39.4 Å². The maximum absolute atomic E-state index is 13.0. The van der Waals surface area contributed by atoms with E-state index >= 15 is 0 Å². The number of hydrogen-bond acceptors (Lipinski definition) is 6. The van der Waals surface area contributed by atoms with Crippen LogP contribution >= 0.6 is 11.3 Å². The van der Waals surface area contributed by atoms with Gasteiger partial charge in [-0.05, 0) is 32.0 Å². The number of nitrogens with zero attached hydrogens (tertiary/aromatic N) is 4. The number of likely N-dealkylation sites (tertiary alicyclic amines) is 1. The van der Waals surface area contributed by atoms with E-state index in [-0.39, 0.29) is 11.3 Å². The Hall–Kier alpha value is -1.83. The Morgan fingerprint density at radius 3 is 3.08 bits per heavy atom. The lowest BCUT2D eigenvalue weighted by Gasteiger charge is -2.31. The second-order valence-electron chi connectivity index (χ2n) is 7.33. The first-order chi connectivity index (χ1) is 12.6. The van der Waals surface area contributed by atoms with Crippen LogP contribution in [0.2, 0.25) is 0 Å². The molecule has 0 aliphatic carbocycles. The third kappa shape index (κ3) is 3.79. The fourth-order valence-corrected chi connectivity index (χ4v) is 4.58. The minimum atomic E-state index is 0.00719. The van der Waals surface area contributed by atoms with Crippen LogP contribution in [-0.4, -0.2) is 65.1 Å². The van der Waals surface area contributed by atoms with Gasteiger partial charge in [0.2, 0.25) is 0 Å². The maximum atomic E-state index is 13.0. The van der Waals surface area contributed by atoms with Crippen LogP contribution in [0.3, 0.4) is 0 Å². The fraction of sp³-hybridized carbons (Fsp3) is 0.526. The summed E-state index contributed by atoms with van der Waals surface area (Å²) in [6.07, 6.45) is 2.90. The van der Waals surface area contributed by atoms with Crippen LogP contribution in [0.15, 0.2) is 29.8 Å². The first-order valence-electron chi connectivity index (χ1n) is 9.05. The zero-order valence-corrected chi connectivity index (χ0v) is 15.9. The number of amides is 1. The molecule has 7 heteroatoms. The van der Waals surface area contributed by atoms with E-state index in [0.717, 1.165) is 43.3 Å². The van der Waals surface area contributed by atoms with Gasteiger partial charge in [0.1, 0.15) is 10.7 Å². The van der Waals surface area contributed by atoms with Crippen LogP contribution in [0.4, 0.5) is 0 Å². The summed E-state index contributed by atoms with van der Waals surface area (Å²) in [5.74, 6) is 0.0111. The van der Waals surface area contributed by atoms with E-state index in [4.69, 9.17) is 4.74 Å². The van der Waals surface area contributed by atoms with Crippen molar-refractivity contribution in [3.63, 3.8) is 0 Å². The van der Waals surface area contributed by atoms with Gasteiger partial charge in [-0.25, -0.2) is 9.97 Å². The van der Waals surface area contributed by atoms with Crippen LogP contribution in [0, 0.1) is 12.3 Å². The third-order valence-electron chi connectivity index (χ3n) is 5.19. The number of aryl methyl sites for hydroxylation is 1. The molecule has 6 nitrogen and oxygen atoms in total. The summed E-state index contributed by atoms with van der Waals surface area (Å²) < 4.78 is 5.90. The summed E-state index contributed by atoms with van der Waals surface area (Å²) in [4.78, 5) is 26.1. The van der Waals surface area contributed by atoms with Crippen molar-refractivity contribution in [1.29, 1.82) is 0 Å². The van der Waals surface area contributed by atoms with Gasteiger partial charge in [-0.3, -0.25) is 9.69 Å². The monoisotopic (exact) mass is 372 g/mol. The number of rotatable bonds is 3. The highest BCUT2D eigenvalue weighted by molar-refractivity contribution is 7.09. The van der Waals surface area contributed by atoms with Crippen molar-refractivity contribution >= 4 is 17.2 Å². The van der Waals surface area contributed by atoms with Crippen LogP contribution < -0.4 is 0 Å². The molecule has 1 spiro atoms. The van der Waals surface area contributed by atoms with E-state index in [2.05, 4.69) is 14.9 Å². The van der Waals surface area contributed by atoms with Gasteiger partial charge in [0, 0.05) is 42.3 Å². The summed E-state index contributed by atoms with van der Waals surface area (Å²) >= 11 is 1.70. The first kappa shape index (κ1) is 17.6. The number of hydrogen-bond donors (Lipinski definition) is 0. The third-order valence-corrected chi connectivity index (χ3v) is 5.96. The number of aromatic nitrogens is 2. The second kappa shape index (κ2) is 7.42. The van der Waals surface area contributed by atoms with Crippen LogP contribution in [0.5, 0.6) is 0 Å². The van der Waals surface area contributed by atoms with Crippen molar-refractivity contribution in [3.05, 3.63) is 46.2 Å². The molecule has 1 atom stereocenters. The second-order valence-corrected chi connectivity index (χ2v) is 8.31. The lowest BCUT2D eigenvalue weighted by Crippen LogP contribution is -2.43. The molecular weight excluding hydrogens is 348 g/mol. The fourth-order valence-electron chi connectivity index (χ4n) is 3.92. The SMILES string of the molecule is Cc1cccc(C(=O)N2CCOCC3(CCN(Cc4nccs4)C3)C2)n1. The summed E-state index contributed by atoms with van der Waals surface area (Å²) in [5, 5.41) is 3.17. The molecule has 0 saturated carbocycles. The van der Waals surface area contributed by atoms with Gasteiger partial charge in [-0.1, -0.05) is 6.07 Å². The number of pyridine rings is 1. The van der Waals surface area contributed by atoms with Crippen LogP contribution in [-0.2, 0) is 11.3 Å². The van der Waals surface area contributed by atoms with Gasteiger partial charge in [-0.15, -0.1) is 11.3 Å². The maximum Gasteiger partial charge on any atom is 0.272 e. The average molecular weight is 372 g/mol. The highest BCUT2D eigenvalue weighted by Crippen LogP contribution is 2.34. The molecule has 0 N–H and O–H groups in total. The largest absolute Gasteiger partial charge is 0.379 e. The van der Waals surface area contributed by atoms with Gasteiger partial charge in [0.25, 0.3) is 5.91 Å². The molecule has 1 amide bonds. The molecule has 2 aromatic rings. The Kier molecular flexibility index (Phi) is 5.02. The summed E-state index contributed by atoms with van der Waals surface area (Å²) in [7, 11) is 0. The lowest BCUT2D eigenvalue weighted by atomic mass is 9.87.